The molecule has 0 saturated carbocycles. The molecule has 152 valence electrons. The predicted molar refractivity (Wildman–Crippen MR) is 115 cm³/mol. The molecule has 0 aliphatic heterocycles. The molecule has 30 heavy (non-hydrogen) atoms. The average Bonchev–Trinajstić information content (AvgIpc) is 3.19. The number of carbonyl (C=O) groups excluding carboxylic acids is 1. The SMILES string of the molecule is O=C(CSc1ncnc2scc(-c3ccccc3)c12)Nc1ccccc1OC(F)F. The van der Waals surface area contributed by atoms with Crippen molar-refractivity contribution in [1.29, 1.82) is 0 Å². The summed E-state index contributed by atoms with van der Waals surface area (Å²) in [6.45, 7) is -2.97. The van der Waals surface area contributed by atoms with E-state index >= 15 is 0 Å². The first-order valence-electron chi connectivity index (χ1n) is 8.86. The smallest absolute Gasteiger partial charge is 0.387 e. The summed E-state index contributed by atoms with van der Waals surface area (Å²) >= 11 is 2.78. The third kappa shape index (κ3) is 4.58. The largest absolute Gasteiger partial charge is 0.433 e. The molecule has 5 nitrogen and oxygen atoms in total. The number of halogens is 2. The normalized spacial score (nSPS) is 11.0. The Bertz CT molecular complexity index is 1170. The second-order valence-corrected chi connectivity index (χ2v) is 7.91. The van der Waals surface area contributed by atoms with Crippen molar-refractivity contribution in [3.8, 4) is 16.9 Å². The van der Waals surface area contributed by atoms with Crippen LogP contribution in [0.25, 0.3) is 21.3 Å². The number of nitrogens with zero attached hydrogens (tertiary/aromatic N) is 2. The number of alkyl halides is 2. The van der Waals surface area contributed by atoms with Crippen LogP contribution in [0.4, 0.5) is 14.5 Å². The number of thiophene rings is 1. The lowest BCUT2D eigenvalue weighted by molar-refractivity contribution is -0.113. The molecule has 0 atom stereocenters. The molecule has 0 fully saturated rings. The number of anilines is 1. The highest BCUT2D eigenvalue weighted by Gasteiger charge is 2.16. The molecule has 0 unspecified atom stereocenters. The van der Waals surface area contributed by atoms with Gasteiger partial charge in [0.25, 0.3) is 0 Å². The van der Waals surface area contributed by atoms with E-state index in [1.165, 1.54) is 41.6 Å². The number of nitrogens with one attached hydrogen (secondary N) is 1. The van der Waals surface area contributed by atoms with Crippen LogP contribution >= 0.6 is 23.1 Å². The van der Waals surface area contributed by atoms with E-state index in [0.29, 0.717) is 5.03 Å². The molecule has 0 aliphatic rings. The number of hydrogen-bond acceptors (Lipinski definition) is 6. The van der Waals surface area contributed by atoms with Crippen LogP contribution in [0.3, 0.4) is 0 Å². The van der Waals surface area contributed by atoms with Gasteiger partial charge in [0.2, 0.25) is 5.91 Å². The third-order valence-electron chi connectivity index (χ3n) is 4.14. The van der Waals surface area contributed by atoms with Gasteiger partial charge in [0.05, 0.1) is 16.8 Å². The van der Waals surface area contributed by atoms with Gasteiger partial charge in [-0.25, -0.2) is 9.97 Å². The van der Waals surface area contributed by atoms with Crippen molar-refractivity contribution < 1.29 is 18.3 Å². The number of amides is 1. The van der Waals surface area contributed by atoms with E-state index in [-0.39, 0.29) is 23.1 Å². The van der Waals surface area contributed by atoms with Crippen LogP contribution < -0.4 is 10.1 Å². The van der Waals surface area contributed by atoms with Crippen LogP contribution in [0.2, 0.25) is 0 Å². The van der Waals surface area contributed by atoms with Crippen molar-refractivity contribution in [2.75, 3.05) is 11.1 Å². The van der Waals surface area contributed by atoms with Crippen molar-refractivity contribution in [3.63, 3.8) is 0 Å². The number of fused-ring (bicyclic) bond motifs is 1. The van der Waals surface area contributed by atoms with Gasteiger partial charge in [0.1, 0.15) is 21.9 Å². The van der Waals surface area contributed by atoms with Gasteiger partial charge < -0.3 is 10.1 Å². The third-order valence-corrected chi connectivity index (χ3v) is 6.01. The van der Waals surface area contributed by atoms with E-state index in [4.69, 9.17) is 0 Å². The Morgan fingerprint density at radius 1 is 1.10 bits per heavy atom. The molecule has 0 saturated heterocycles. The topological polar surface area (TPSA) is 64.1 Å². The zero-order chi connectivity index (χ0) is 20.9. The summed E-state index contributed by atoms with van der Waals surface area (Å²) in [6, 6.07) is 16.0. The predicted octanol–water partition coefficient (Wildman–Crippen LogP) is 5.69. The van der Waals surface area contributed by atoms with Crippen molar-refractivity contribution in [3.05, 3.63) is 66.3 Å². The Labute approximate surface area is 179 Å². The van der Waals surface area contributed by atoms with Crippen LogP contribution in [0.15, 0.2) is 71.3 Å². The first kappa shape index (κ1) is 20.2. The van der Waals surface area contributed by atoms with Crippen molar-refractivity contribution >= 4 is 44.9 Å². The molecular formula is C21H15F2N3O2S2. The maximum atomic E-state index is 12.6. The molecule has 9 heteroatoms. The van der Waals surface area contributed by atoms with E-state index in [1.54, 1.807) is 12.1 Å². The Kier molecular flexibility index (Phi) is 6.20. The molecule has 1 amide bonds. The van der Waals surface area contributed by atoms with Gasteiger partial charge in [-0.05, 0) is 17.7 Å². The minimum absolute atomic E-state index is 0.0548. The second-order valence-electron chi connectivity index (χ2n) is 6.09. The van der Waals surface area contributed by atoms with Gasteiger partial charge in [-0.1, -0.05) is 54.2 Å². The van der Waals surface area contributed by atoms with Crippen molar-refractivity contribution in [2.45, 2.75) is 11.6 Å². The van der Waals surface area contributed by atoms with Crippen LogP contribution in [-0.4, -0.2) is 28.2 Å². The number of hydrogen-bond donors (Lipinski definition) is 1. The maximum Gasteiger partial charge on any atom is 0.387 e. The molecule has 2 heterocycles. The number of rotatable bonds is 7. The van der Waals surface area contributed by atoms with E-state index < -0.39 is 6.61 Å². The summed E-state index contributed by atoms with van der Waals surface area (Å²) in [5.74, 6) is -0.382. The number of aromatic nitrogens is 2. The molecule has 1 N–H and O–H groups in total. The summed E-state index contributed by atoms with van der Waals surface area (Å²) < 4.78 is 29.5. The zero-order valence-electron chi connectivity index (χ0n) is 15.4. The number of para-hydroxylation sites is 2. The lowest BCUT2D eigenvalue weighted by Gasteiger charge is -2.11. The van der Waals surface area contributed by atoms with E-state index in [2.05, 4.69) is 20.0 Å². The van der Waals surface area contributed by atoms with Gasteiger partial charge in [-0.15, -0.1) is 11.3 Å². The fourth-order valence-corrected chi connectivity index (χ4v) is 4.67. The quantitative estimate of drug-likeness (QED) is 0.294. The molecule has 0 radical (unpaired) electrons. The highest BCUT2D eigenvalue weighted by molar-refractivity contribution is 8.00. The molecule has 4 aromatic rings. The molecule has 4 rings (SSSR count). The lowest BCUT2D eigenvalue weighted by atomic mass is 10.1. The summed E-state index contributed by atoms with van der Waals surface area (Å²) in [6.07, 6.45) is 1.47. The fourth-order valence-electron chi connectivity index (χ4n) is 2.88. The maximum absolute atomic E-state index is 12.6. The first-order valence-corrected chi connectivity index (χ1v) is 10.7. The zero-order valence-corrected chi connectivity index (χ0v) is 17.1. The van der Waals surface area contributed by atoms with E-state index in [0.717, 1.165) is 21.3 Å². The summed E-state index contributed by atoms with van der Waals surface area (Å²) in [5, 5.41) is 6.22. The highest BCUT2D eigenvalue weighted by Crippen LogP contribution is 2.37. The van der Waals surface area contributed by atoms with Crippen LogP contribution in [0.1, 0.15) is 0 Å². The number of thioether (sulfide) groups is 1. The lowest BCUT2D eigenvalue weighted by Crippen LogP contribution is -2.15. The van der Waals surface area contributed by atoms with Gasteiger partial charge >= 0.3 is 6.61 Å². The number of benzene rings is 2. The van der Waals surface area contributed by atoms with Crippen LogP contribution in [0.5, 0.6) is 5.75 Å². The van der Waals surface area contributed by atoms with Crippen molar-refractivity contribution in [2.24, 2.45) is 0 Å². The van der Waals surface area contributed by atoms with E-state index in [9.17, 15) is 13.6 Å². The molecule has 2 aromatic heterocycles. The second kappa shape index (κ2) is 9.19. The fraction of sp³-hybridized carbons (Fsp3) is 0.0952. The minimum atomic E-state index is -2.97. The summed E-state index contributed by atoms with van der Waals surface area (Å²) in [4.78, 5) is 22.0. The van der Waals surface area contributed by atoms with Crippen LogP contribution in [-0.2, 0) is 4.79 Å². The standard InChI is InChI=1S/C21H15F2N3O2S2/c22-21(23)28-16-9-5-4-8-15(16)26-17(27)11-30-20-18-14(13-6-2-1-3-7-13)10-29-19(18)24-12-25-20/h1-10,12,21H,11H2,(H,26,27). The summed E-state index contributed by atoms with van der Waals surface area (Å²) in [5.41, 5.74) is 2.24. The Morgan fingerprint density at radius 3 is 2.67 bits per heavy atom. The van der Waals surface area contributed by atoms with Gasteiger partial charge in [-0.3, -0.25) is 4.79 Å². The Hall–Kier alpha value is -3.04. The number of ether oxygens (including phenoxy) is 1. The number of carbonyl (C=O) groups is 1. The monoisotopic (exact) mass is 443 g/mol. The highest BCUT2D eigenvalue weighted by atomic mass is 32.2. The molecule has 0 aliphatic carbocycles. The van der Waals surface area contributed by atoms with E-state index in [1.807, 2.05) is 35.7 Å². The average molecular weight is 444 g/mol. The Balaban J connectivity index is 1.52. The molecule has 0 spiro atoms. The minimum Gasteiger partial charge on any atom is -0.433 e. The van der Waals surface area contributed by atoms with Gasteiger partial charge in [0.15, 0.2) is 0 Å². The molecule has 2 aromatic carbocycles. The molecular weight excluding hydrogens is 428 g/mol. The first-order chi connectivity index (χ1) is 14.6. The van der Waals surface area contributed by atoms with Gasteiger partial charge in [0, 0.05) is 10.9 Å². The van der Waals surface area contributed by atoms with Crippen molar-refractivity contribution in [1.82, 2.24) is 9.97 Å². The molecule has 0 bridgehead atoms. The van der Waals surface area contributed by atoms with Crippen LogP contribution in [0, 0.1) is 0 Å². The summed E-state index contributed by atoms with van der Waals surface area (Å²) in [7, 11) is 0. The van der Waals surface area contributed by atoms with Gasteiger partial charge in [-0.2, -0.15) is 8.78 Å². The Morgan fingerprint density at radius 2 is 1.87 bits per heavy atom.